The molecule has 2 aromatic carbocycles. The van der Waals surface area contributed by atoms with Crippen LogP contribution in [0.1, 0.15) is 28.3 Å². The molecule has 0 spiro atoms. The number of aromatic nitrogens is 1. The van der Waals surface area contributed by atoms with Crippen LogP contribution in [0.15, 0.2) is 65.6 Å². The zero-order valence-electron chi connectivity index (χ0n) is 14.6. The van der Waals surface area contributed by atoms with E-state index in [9.17, 15) is 9.59 Å². The van der Waals surface area contributed by atoms with E-state index in [2.05, 4.69) is 29.2 Å². The van der Waals surface area contributed by atoms with Gasteiger partial charge in [0, 0.05) is 29.4 Å². The molecular formula is C22H18N2O3. The van der Waals surface area contributed by atoms with Gasteiger partial charge in [-0.2, -0.15) is 0 Å². The first-order valence-corrected chi connectivity index (χ1v) is 9.02. The number of hydrogen-bond acceptors (Lipinski definition) is 3. The minimum absolute atomic E-state index is 0.0351. The lowest BCUT2D eigenvalue weighted by Gasteiger charge is -2.18. The summed E-state index contributed by atoms with van der Waals surface area (Å²) in [6, 6.07) is 18.0. The number of ether oxygens (including phenoxy) is 1. The van der Waals surface area contributed by atoms with Gasteiger partial charge in [0.25, 0.3) is 0 Å². The second-order valence-corrected chi connectivity index (χ2v) is 6.96. The van der Waals surface area contributed by atoms with E-state index in [1.807, 2.05) is 24.3 Å². The van der Waals surface area contributed by atoms with Crippen molar-refractivity contribution in [2.75, 3.05) is 6.61 Å². The Morgan fingerprint density at radius 3 is 2.33 bits per heavy atom. The van der Waals surface area contributed by atoms with Gasteiger partial charge in [-0.25, -0.2) is 4.79 Å². The largest absolute Gasteiger partial charge is 0.448 e. The first kappa shape index (κ1) is 15.9. The van der Waals surface area contributed by atoms with Crippen LogP contribution in [-0.2, 0) is 17.8 Å². The van der Waals surface area contributed by atoms with E-state index in [-0.39, 0.29) is 24.0 Å². The Morgan fingerprint density at radius 2 is 1.67 bits per heavy atom. The maximum atomic E-state index is 12.6. The second-order valence-electron chi connectivity index (χ2n) is 6.96. The fourth-order valence-electron chi connectivity index (χ4n) is 4.12. The van der Waals surface area contributed by atoms with Gasteiger partial charge in [0.05, 0.1) is 13.1 Å². The molecule has 0 bridgehead atoms. The lowest BCUT2D eigenvalue weighted by molar-refractivity contribution is 0.0988. The maximum Gasteiger partial charge on any atom is 0.410 e. The van der Waals surface area contributed by atoms with Crippen LogP contribution in [-0.4, -0.2) is 22.6 Å². The minimum Gasteiger partial charge on any atom is -0.448 e. The second kappa shape index (κ2) is 6.13. The molecule has 2 heterocycles. The smallest absolute Gasteiger partial charge is 0.410 e. The van der Waals surface area contributed by atoms with Crippen LogP contribution in [0.2, 0.25) is 0 Å². The maximum absolute atomic E-state index is 12.6. The zero-order chi connectivity index (χ0) is 18.4. The molecule has 0 atom stereocenters. The number of pyridine rings is 1. The number of benzene rings is 2. The number of amides is 1. The Labute approximate surface area is 156 Å². The molecule has 2 aliphatic rings. The van der Waals surface area contributed by atoms with Crippen LogP contribution in [0.3, 0.4) is 0 Å². The molecule has 1 aromatic heterocycles. The zero-order valence-corrected chi connectivity index (χ0v) is 14.6. The summed E-state index contributed by atoms with van der Waals surface area (Å²) in [6.07, 6.45) is 1.23. The molecule has 5 rings (SSSR count). The summed E-state index contributed by atoms with van der Waals surface area (Å²) in [5.41, 5.74) is 6.17. The standard InChI is InChI=1S/C22H18N2O3/c25-21-9-10-23-20-12-24(11-18(20)21)22(26)27-13-19-16-7-3-1-5-14(16)15-6-2-4-8-17(15)19/h1-10,19H,11-13H2,(H,23,25). The van der Waals surface area contributed by atoms with Gasteiger partial charge >= 0.3 is 6.09 Å². The lowest BCUT2D eigenvalue weighted by atomic mass is 9.98. The van der Waals surface area contributed by atoms with Crippen LogP contribution in [0.5, 0.6) is 0 Å². The van der Waals surface area contributed by atoms with Crippen LogP contribution in [0.4, 0.5) is 4.79 Å². The quantitative estimate of drug-likeness (QED) is 0.761. The number of rotatable bonds is 2. The third-order valence-corrected chi connectivity index (χ3v) is 5.45. The number of carbonyl (C=O) groups excluding carboxylic acids is 1. The summed E-state index contributed by atoms with van der Waals surface area (Å²) in [5, 5.41) is 0. The van der Waals surface area contributed by atoms with Gasteiger partial charge < -0.3 is 9.72 Å². The van der Waals surface area contributed by atoms with E-state index in [4.69, 9.17) is 4.74 Å². The summed E-state index contributed by atoms with van der Waals surface area (Å²) in [7, 11) is 0. The normalized spacial score (nSPS) is 14.6. The van der Waals surface area contributed by atoms with Gasteiger partial charge in [0.15, 0.2) is 5.43 Å². The van der Waals surface area contributed by atoms with E-state index in [0.717, 1.165) is 5.69 Å². The minimum atomic E-state index is -0.388. The molecule has 0 radical (unpaired) electrons. The van der Waals surface area contributed by atoms with E-state index < -0.39 is 0 Å². The Kier molecular flexibility index (Phi) is 3.60. The monoisotopic (exact) mass is 358 g/mol. The number of carbonyl (C=O) groups is 1. The third kappa shape index (κ3) is 2.54. The molecule has 3 aromatic rings. The summed E-state index contributed by atoms with van der Waals surface area (Å²) in [4.78, 5) is 29.1. The number of nitrogens with zero attached hydrogens (tertiary/aromatic N) is 1. The fraction of sp³-hybridized carbons (Fsp3) is 0.182. The number of nitrogens with one attached hydrogen (secondary N) is 1. The Bertz CT molecular complexity index is 1060. The highest BCUT2D eigenvalue weighted by Crippen LogP contribution is 2.44. The fourth-order valence-corrected chi connectivity index (χ4v) is 4.12. The molecule has 1 aliphatic carbocycles. The molecule has 0 saturated carbocycles. The summed E-state index contributed by atoms with van der Waals surface area (Å²) in [6.45, 7) is 0.956. The van der Waals surface area contributed by atoms with Crippen molar-refractivity contribution < 1.29 is 9.53 Å². The van der Waals surface area contributed by atoms with Gasteiger partial charge in [-0.3, -0.25) is 9.69 Å². The van der Waals surface area contributed by atoms with E-state index in [0.29, 0.717) is 18.7 Å². The molecule has 0 unspecified atom stereocenters. The molecule has 1 aliphatic heterocycles. The highest BCUT2D eigenvalue weighted by Gasteiger charge is 2.31. The SMILES string of the molecule is O=C(OCC1c2ccccc2-c2ccccc21)N1Cc2[nH]ccc(=O)c2C1. The third-order valence-electron chi connectivity index (χ3n) is 5.45. The van der Waals surface area contributed by atoms with Crippen LogP contribution in [0, 0.1) is 0 Å². The van der Waals surface area contributed by atoms with Crippen molar-refractivity contribution in [1.82, 2.24) is 9.88 Å². The predicted molar refractivity (Wildman–Crippen MR) is 101 cm³/mol. The van der Waals surface area contributed by atoms with Crippen LogP contribution < -0.4 is 5.43 Å². The van der Waals surface area contributed by atoms with E-state index >= 15 is 0 Å². The molecule has 0 saturated heterocycles. The average Bonchev–Trinajstić information content (AvgIpc) is 3.27. The number of aromatic amines is 1. The Morgan fingerprint density at radius 1 is 1.00 bits per heavy atom. The molecule has 5 nitrogen and oxygen atoms in total. The molecule has 1 amide bonds. The van der Waals surface area contributed by atoms with Gasteiger partial charge in [-0.1, -0.05) is 48.5 Å². The van der Waals surface area contributed by atoms with E-state index in [1.54, 1.807) is 11.1 Å². The predicted octanol–water partition coefficient (Wildman–Crippen LogP) is 3.64. The first-order chi connectivity index (χ1) is 13.2. The molecule has 134 valence electrons. The summed E-state index contributed by atoms with van der Waals surface area (Å²) in [5.74, 6) is 0.0351. The number of hydrogen-bond donors (Lipinski definition) is 1. The molecule has 27 heavy (non-hydrogen) atoms. The Hall–Kier alpha value is -3.34. The molecule has 0 fully saturated rings. The van der Waals surface area contributed by atoms with Gasteiger partial charge in [-0.15, -0.1) is 0 Å². The summed E-state index contributed by atoms with van der Waals surface area (Å²) < 4.78 is 5.67. The van der Waals surface area contributed by atoms with Gasteiger partial charge in [-0.05, 0) is 22.3 Å². The van der Waals surface area contributed by atoms with Crippen molar-refractivity contribution in [3.05, 3.63) is 93.4 Å². The van der Waals surface area contributed by atoms with Crippen molar-refractivity contribution in [2.45, 2.75) is 19.0 Å². The molecule has 5 heteroatoms. The van der Waals surface area contributed by atoms with Gasteiger partial charge in [0.1, 0.15) is 6.61 Å². The van der Waals surface area contributed by atoms with Crippen LogP contribution in [0.25, 0.3) is 11.1 Å². The lowest BCUT2D eigenvalue weighted by Crippen LogP contribution is -2.28. The van der Waals surface area contributed by atoms with Crippen molar-refractivity contribution in [1.29, 1.82) is 0 Å². The van der Waals surface area contributed by atoms with Crippen molar-refractivity contribution >= 4 is 6.09 Å². The number of fused-ring (bicyclic) bond motifs is 4. The topological polar surface area (TPSA) is 62.4 Å². The van der Waals surface area contributed by atoms with Gasteiger partial charge in [0.2, 0.25) is 0 Å². The van der Waals surface area contributed by atoms with Crippen molar-refractivity contribution in [2.24, 2.45) is 0 Å². The highest BCUT2D eigenvalue weighted by atomic mass is 16.6. The van der Waals surface area contributed by atoms with Crippen LogP contribution >= 0.6 is 0 Å². The van der Waals surface area contributed by atoms with Crippen molar-refractivity contribution in [3.63, 3.8) is 0 Å². The first-order valence-electron chi connectivity index (χ1n) is 9.02. The summed E-state index contributed by atoms with van der Waals surface area (Å²) >= 11 is 0. The van der Waals surface area contributed by atoms with E-state index in [1.165, 1.54) is 28.3 Å². The molecular weight excluding hydrogens is 340 g/mol. The highest BCUT2D eigenvalue weighted by molar-refractivity contribution is 5.79. The van der Waals surface area contributed by atoms with Crippen molar-refractivity contribution in [3.8, 4) is 11.1 Å². The molecule has 1 N–H and O–H groups in total. The number of H-pyrrole nitrogens is 1. The average molecular weight is 358 g/mol. The Balaban J connectivity index is 1.35.